The number of aldehydes is 1. The number of hydrogen-bond donors (Lipinski definition) is 0. The maximum absolute atomic E-state index is 12.1. The fraction of sp³-hybridized carbons (Fsp3) is 0.125. The summed E-state index contributed by atoms with van der Waals surface area (Å²) in [5, 5.41) is 0. The molecule has 0 amide bonds. The molecule has 0 heterocycles. The van der Waals surface area contributed by atoms with Gasteiger partial charge in [0.25, 0.3) is 0 Å². The van der Waals surface area contributed by atoms with Crippen molar-refractivity contribution < 1.29 is 30.6 Å². The minimum Gasteiger partial charge on any atom is -0.375 e. The van der Waals surface area contributed by atoms with Crippen molar-refractivity contribution in [3.63, 3.8) is 0 Å². The monoisotopic (exact) mass is 380 g/mol. The summed E-state index contributed by atoms with van der Waals surface area (Å²) in [7, 11) is -5.76. The Morgan fingerprint density at radius 3 is 2.35 bits per heavy atom. The number of rotatable bonds is 3. The molecule has 0 aliphatic carbocycles. The van der Waals surface area contributed by atoms with Gasteiger partial charge in [0, 0.05) is 3.57 Å². The third kappa shape index (κ3) is 3.09. The van der Waals surface area contributed by atoms with Gasteiger partial charge in [-0.05, 0) is 34.7 Å². The van der Waals surface area contributed by atoms with E-state index in [1.165, 1.54) is 12.1 Å². The van der Waals surface area contributed by atoms with E-state index < -0.39 is 21.4 Å². The molecule has 0 radical (unpaired) electrons. The average molecular weight is 380 g/mol. The first kappa shape index (κ1) is 14.2. The molecule has 94 valence electrons. The Labute approximate surface area is 108 Å². The van der Waals surface area contributed by atoms with Gasteiger partial charge in [-0.15, -0.1) is 0 Å². The van der Waals surface area contributed by atoms with Crippen molar-refractivity contribution in [2.75, 3.05) is 0 Å². The van der Waals surface area contributed by atoms with Gasteiger partial charge in [0.05, 0.1) is 5.56 Å². The topological polar surface area (TPSA) is 60.4 Å². The first-order valence-corrected chi connectivity index (χ1v) is 6.42. The van der Waals surface area contributed by atoms with Gasteiger partial charge >= 0.3 is 15.6 Å². The number of halogens is 4. The van der Waals surface area contributed by atoms with Gasteiger partial charge in [0.15, 0.2) is 12.0 Å². The maximum Gasteiger partial charge on any atom is 0.534 e. The van der Waals surface area contributed by atoms with Crippen LogP contribution in [-0.4, -0.2) is 20.2 Å². The molecule has 0 unspecified atom stereocenters. The lowest BCUT2D eigenvalue weighted by Gasteiger charge is -2.11. The van der Waals surface area contributed by atoms with E-state index in [1.807, 2.05) is 0 Å². The number of alkyl halides is 3. The summed E-state index contributed by atoms with van der Waals surface area (Å²) >= 11 is 1.67. The van der Waals surface area contributed by atoms with E-state index in [0.717, 1.165) is 6.07 Å². The Balaban J connectivity index is 3.22. The average Bonchev–Trinajstić information content (AvgIpc) is 2.15. The Bertz CT molecular complexity index is 538. The van der Waals surface area contributed by atoms with E-state index >= 15 is 0 Å². The molecule has 1 aromatic carbocycles. The van der Waals surface area contributed by atoms with E-state index in [4.69, 9.17) is 0 Å². The van der Waals surface area contributed by atoms with Gasteiger partial charge < -0.3 is 4.18 Å². The molecule has 0 atom stereocenters. The smallest absolute Gasteiger partial charge is 0.375 e. The van der Waals surface area contributed by atoms with Gasteiger partial charge in [0.1, 0.15) is 0 Å². The van der Waals surface area contributed by atoms with Crippen LogP contribution >= 0.6 is 22.6 Å². The molecule has 0 aromatic heterocycles. The van der Waals surface area contributed by atoms with Crippen molar-refractivity contribution in [3.8, 4) is 5.75 Å². The molecule has 0 aliphatic rings. The minimum absolute atomic E-state index is 0.225. The van der Waals surface area contributed by atoms with Crippen molar-refractivity contribution >= 4 is 39.0 Å². The standard InChI is InChI=1S/C8H4F3IO4S/c9-8(10,11)17(14,15)16-7-3-1-2-6(12)5(7)4-13/h1-4H. The van der Waals surface area contributed by atoms with Gasteiger partial charge in [-0.1, -0.05) is 6.07 Å². The molecule has 0 spiro atoms. The molecule has 17 heavy (non-hydrogen) atoms. The normalized spacial score (nSPS) is 12.2. The molecular formula is C8H4F3IO4S. The van der Waals surface area contributed by atoms with Gasteiger partial charge in [0.2, 0.25) is 0 Å². The van der Waals surface area contributed by atoms with Crippen molar-refractivity contribution in [2.45, 2.75) is 5.51 Å². The zero-order valence-corrected chi connectivity index (χ0v) is 10.8. The van der Waals surface area contributed by atoms with E-state index in [2.05, 4.69) is 4.18 Å². The summed E-state index contributed by atoms with van der Waals surface area (Å²) in [6.45, 7) is 0. The van der Waals surface area contributed by atoms with Crippen molar-refractivity contribution in [3.05, 3.63) is 27.3 Å². The highest BCUT2D eigenvalue weighted by Gasteiger charge is 2.48. The molecular weight excluding hydrogens is 376 g/mol. The molecule has 0 bridgehead atoms. The second-order valence-electron chi connectivity index (χ2n) is 2.75. The van der Waals surface area contributed by atoms with Crippen LogP contribution in [0.15, 0.2) is 18.2 Å². The Morgan fingerprint density at radius 2 is 1.88 bits per heavy atom. The molecule has 0 saturated heterocycles. The first-order valence-electron chi connectivity index (χ1n) is 3.93. The molecule has 0 aliphatic heterocycles. The molecule has 1 rings (SSSR count). The van der Waals surface area contributed by atoms with Gasteiger partial charge in [-0.2, -0.15) is 21.6 Å². The third-order valence-electron chi connectivity index (χ3n) is 1.61. The highest BCUT2D eigenvalue weighted by atomic mass is 127. The Kier molecular flexibility index (Phi) is 4.02. The highest BCUT2D eigenvalue weighted by Crippen LogP contribution is 2.29. The van der Waals surface area contributed by atoms with Crippen molar-refractivity contribution in [1.29, 1.82) is 0 Å². The van der Waals surface area contributed by atoms with Crippen LogP contribution in [0.4, 0.5) is 13.2 Å². The summed E-state index contributed by atoms with van der Waals surface area (Å²) in [5.41, 5.74) is -5.78. The largest absolute Gasteiger partial charge is 0.534 e. The third-order valence-corrected chi connectivity index (χ3v) is 3.52. The number of carbonyl (C=O) groups excluding carboxylic acids is 1. The first-order chi connectivity index (χ1) is 7.69. The second-order valence-corrected chi connectivity index (χ2v) is 5.45. The zero-order valence-electron chi connectivity index (χ0n) is 7.86. The number of carbonyl (C=O) groups is 1. The molecule has 0 saturated carbocycles. The summed E-state index contributed by atoms with van der Waals surface area (Å²) in [4.78, 5) is 10.6. The summed E-state index contributed by atoms with van der Waals surface area (Å²) in [6.07, 6.45) is 0.225. The SMILES string of the molecule is O=Cc1c(I)cccc1OS(=O)(=O)C(F)(F)F. The van der Waals surface area contributed by atoms with Crippen LogP contribution in [-0.2, 0) is 10.1 Å². The quantitative estimate of drug-likeness (QED) is 0.350. The molecule has 1 aromatic rings. The number of benzene rings is 1. The van der Waals surface area contributed by atoms with Crippen LogP contribution in [0.25, 0.3) is 0 Å². The Morgan fingerprint density at radius 1 is 1.29 bits per heavy atom. The molecule has 0 N–H and O–H groups in total. The van der Waals surface area contributed by atoms with Crippen LogP contribution in [0.1, 0.15) is 10.4 Å². The summed E-state index contributed by atoms with van der Waals surface area (Å²) in [6, 6.07) is 3.67. The predicted molar refractivity (Wildman–Crippen MR) is 60.1 cm³/mol. The minimum atomic E-state index is -5.76. The van der Waals surface area contributed by atoms with Crippen LogP contribution in [0.3, 0.4) is 0 Å². The van der Waals surface area contributed by atoms with Crippen LogP contribution in [0, 0.1) is 3.57 Å². The Hall–Kier alpha value is -0.840. The van der Waals surface area contributed by atoms with E-state index in [-0.39, 0.29) is 15.4 Å². The van der Waals surface area contributed by atoms with Crippen LogP contribution in [0.2, 0.25) is 0 Å². The van der Waals surface area contributed by atoms with Crippen LogP contribution < -0.4 is 4.18 Å². The fourth-order valence-corrected chi connectivity index (χ4v) is 1.95. The molecule has 0 fully saturated rings. The van der Waals surface area contributed by atoms with Crippen molar-refractivity contribution in [2.24, 2.45) is 0 Å². The lowest BCUT2D eigenvalue weighted by Crippen LogP contribution is -2.28. The summed E-state index contributed by atoms with van der Waals surface area (Å²) in [5.74, 6) is -0.649. The second kappa shape index (κ2) is 4.80. The van der Waals surface area contributed by atoms with E-state index in [9.17, 15) is 26.4 Å². The molecule has 4 nitrogen and oxygen atoms in total. The van der Waals surface area contributed by atoms with Crippen LogP contribution in [0.5, 0.6) is 5.75 Å². The maximum atomic E-state index is 12.1. The van der Waals surface area contributed by atoms with Gasteiger partial charge in [-0.3, -0.25) is 4.79 Å². The lowest BCUT2D eigenvalue weighted by molar-refractivity contribution is -0.0500. The summed E-state index contributed by atoms with van der Waals surface area (Å²) < 4.78 is 61.8. The predicted octanol–water partition coefficient (Wildman–Crippen LogP) is 2.33. The lowest BCUT2D eigenvalue weighted by atomic mass is 10.2. The highest BCUT2D eigenvalue weighted by molar-refractivity contribution is 14.1. The van der Waals surface area contributed by atoms with E-state index in [1.54, 1.807) is 22.6 Å². The van der Waals surface area contributed by atoms with Crippen molar-refractivity contribution in [1.82, 2.24) is 0 Å². The van der Waals surface area contributed by atoms with E-state index in [0.29, 0.717) is 0 Å². The fourth-order valence-electron chi connectivity index (χ4n) is 0.870. The molecule has 9 heteroatoms. The zero-order chi connectivity index (χ0) is 13.3. The number of hydrogen-bond acceptors (Lipinski definition) is 4. The van der Waals surface area contributed by atoms with Gasteiger partial charge in [-0.25, -0.2) is 0 Å².